The van der Waals surface area contributed by atoms with Crippen LogP contribution < -0.4 is 5.32 Å². The topological polar surface area (TPSA) is 41.6 Å². The van der Waals surface area contributed by atoms with E-state index < -0.39 is 0 Å². The standard InChI is InChI=1S/C28H31ClN2O2/c1-4-16-28(3)24(14-17-29)23-15-18-31(27(32)33-19-21-8-6-5-7-9-21)26(25(23)30-28)22-12-10-20(2)11-13-22/h4-14,16-17,24,26,30H,15,18-19H2,1-3H3/b16-4-,17-14+. The summed E-state index contributed by atoms with van der Waals surface area (Å²) in [7, 11) is 0. The fraction of sp³-hybridized carbons (Fsp3) is 0.321. The van der Waals surface area contributed by atoms with Gasteiger partial charge in [-0.3, -0.25) is 4.90 Å². The maximum absolute atomic E-state index is 13.3. The van der Waals surface area contributed by atoms with Gasteiger partial charge in [-0.15, -0.1) is 0 Å². The number of hydrogen-bond acceptors (Lipinski definition) is 3. The number of aryl methyl sites for hydroxylation is 1. The predicted octanol–water partition coefficient (Wildman–Crippen LogP) is 6.64. The van der Waals surface area contributed by atoms with Crippen molar-refractivity contribution in [3.8, 4) is 0 Å². The Morgan fingerprint density at radius 1 is 1.21 bits per heavy atom. The number of benzene rings is 2. The van der Waals surface area contributed by atoms with Crippen molar-refractivity contribution in [1.29, 1.82) is 0 Å². The molecule has 0 spiro atoms. The first-order valence-corrected chi connectivity index (χ1v) is 11.9. The van der Waals surface area contributed by atoms with E-state index in [9.17, 15) is 4.79 Å². The van der Waals surface area contributed by atoms with E-state index in [0.717, 1.165) is 23.2 Å². The molecule has 1 N–H and O–H groups in total. The molecule has 0 aromatic heterocycles. The van der Waals surface area contributed by atoms with E-state index in [0.29, 0.717) is 6.54 Å². The van der Waals surface area contributed by atoms with Crippen molar-refractivity contribution in [1.82, 2.24) is 10.2 Å². The van der Waals surface area contributed by atoms with E-state index in [4.69, 9.17) is 16.3 Å². The normalized spacial score (nSPS) is 24.9. The molecule has 0 radical (unpaired) electrons. The number of hydrogen-bond donors (Lipinski definition) is 1. The van der Waals surface area contributed by atoms with Crippen LogP contribution in [0.2, 0.25) is 0 Å². The van der Waals surface area contributed by atoms with Crippen LogP contribution in [0.3, 0.4) is 0 Å². The Labute approximate surface area is 201 Å². The van der Waals surface area contributed by atoms with Gasteiger partial charge in [0, 0.05) is 23.7 Å². The Kier molecular flexibility index (Phi) is 6.94. The minimum Gasteiger partial charge on any atom is -0.445 e. The van der Waals surface area contributed by atoms with Crippen LogP contribution in [-0.2, 0) is 11.3 Å². The first kappa shape index (κ1) is 23.2. The van der Waals surface area contributed by atoms with E-state index in [1.807, 2.05) is 48.2 Å². The third-order valence-corrected chi connectivity index (χ3v) is 6.73. The summed E-state index contributed by atoms with van der Waals surface area (Å²) in [5.74, 6) is 0.122. The lowest BCUT2D eigenvalue weighted by molar-refractivity contribution is 0.0822. The van der Waals surface area contributed by atoms with E-state index in [1.165, 1.54) is 11.1 Å². The Hall–Kier alpha value is -2.98. The highest BCUT2D eigenvalue weighted by molar-refractivity contribution is 6.25. The highest BCUT2D eigenvalue weighted by Gasteiger charge is 2.47. The molecule has 0 bridgehead atoms. The maximum atomic E-state index is 13.3. The fourth-order valence-electron chi connectivity index (χ4n) is 5.01. The molecule has 0 fully saturated rings. The second kappa shape index (κ2) is 9.88. The van der Waals surface area contributed by atoms with Crippen molar-refractivity contribution >= 4 is 17.7 Å². The molecular formula is C28H31ClN2O2. The molecule has 2 heterocycles. The van der Waals surface area contributed by atoms with E-state index in [-0.39, 0.29) is 30.2 Å². The second-order valence-electron chi connectivity index (χ2n) is 8.94. The highest BCUT2D eigenvalue weighted by atomic mass is 35.5. The molecule has 172 valence electrons. The highest BCUT2D eigenvalue weighted by Crippen LogP contribution is 2.47. The summed E-state index contributed by atoms with van der Waals surface area (Å²) < 4.78 is 5.75. The Balaban J connectivity index is 1.69. The number of nitrogens with one attached hydrogen (secondary N) is 1. The predicted molar refractivity (Wildman–Crippen MR) is 134 cm³/mol. The molecule has 3 atom stereocenters. The average molecular weight is 463 g/mol. The first-order chi connectivity index (χ1) is 16.0. The third kappa shape index (κ3) is 4.72. The summed E-state index contributed by atoms with van der Waals surface area (Å²) in [6.45, 7) is 7.11. The molecule has 5 heteroatoms. The molecule has 0 saturated carbocycles. The van der Waals surface area contributed by atoms with Gasteiger partial charge >= 0.3 is 6.09 Å². The minimum atomic E-state index is -0.308. The van der Waals surface area contributed by atoms with Crippen LogP contribution in [0, 0.1) is 12.8 Å². The van der Waals surface area contributed by atoms with Gasteiger partial charge in [-0.05, 0) is 43.9 Å². The number of allylic oxidation sites excluding steroid dienone is 1. The molecule has 2 aliphatic heterocycles. The lowest BCUT2D eigenvalue weighted by Crippen LogP contribution is -2.44. The number of halogens is 1. The molecule has 2 aromatic carbocycles. The zero-order valence-electron chi connectivity index (χ0n) is 19.4. The van der Waals surface area contributed by atoms with Crippen LogP contribution >= 0.6 is 11.6 Å². The van der Waals surface area contributed by atoms with Crippen LogP contribution in [0.15, 0.2) is 89.6 Å². The zero-order valence-corrected chi connectivity index (χ0v) is 20.2. The second-order valence-corrected chi connectivity index (χ2v) is 9.19. The zero-order chi connectivity index (χ0) is 23.4. The average Bonchev–Trinajstić information content (AvgIpc) is 3.10. The molecule has 4 rings (SSSR count). The quantitative estimate of drug-likeness (QED) is 0.506. The number of ether oxygens (including phenoxy) is 1. The summed E-state index contributed by atoms with van der Waals surface area (Å²) in [5, 5.41) is 3.76. The number of nitrogens with zero attached hydrogens (tertiary/aromatic N) is 1. The molecule has 4 nitrogen and oxygen atoms in total. The number of carbonyl (C=O) groups is 1. The van der Waals surface area contributed by atoms with Gasteiger partial charge in [-0.2, -0.15) is 0 Å². The van der Waals surface area contributed by atoms with Crippen molar-refractivity contribution in [2.24, 2.45) is 5.92 Å². The van der Waals surface area contributed by atoms with Gasteiger partial charge in [0.2, 0.25) is 0 Å². The molecule has 33 heavy (non-hydrogen) atoms. The molecule has 1 amide bonds. The van der Waals surface area contributed by atoms with Gasteiger partial charge in [0.25, 0.3) is 0 Å². The third-order valence-electron chi connectivity index (χ3n) is 6.59. The van der Waals surface area contributed by atoms with Crippen LogP contribution in [0.4, 0.5) is 4.79 Å². The van der Waals surface area contributed by atoms with Gasteiger partial charge < -0.3 is 10.1 Å². The van der Waals surface area contributed by atoms with Gasteiger partial charge in [0.1, 0.15) is 12.6 Å². The first-order valence-electron chi connectivity index (χ1n) is 11.4. The van der Waals surface area contributed by atoms with E-state index in [2.05, 4.69) is 55.6 Å². The van der Waals surface area contributed by atoms with E-state index >= 15 is 0 Å². The van der Waals surface area contributed by atoms with Gasteiger partial charge in [0.05, 0.1) is 5.54 Å². The van der Waals surface area contributed by atoms with E-state index in [1.54, 1.807) is 5.54 Å². The maximum Gasteiger partial charge on any atom is 0.410 e. The molecule has 2 aliphatic rings. The Bertz CT molecular complexity index is 1070. The molecule has 3 unspecified atom stereocenters. The fourth-order valence-corrected chi connectivity index (χ4v) is 5.16. The van der Waals surface area contributed by atoms with Gasteiger partial charge in [-0.25, -0.2) is 4.79 Å². The van der Waals surface area contributed by atoms with Crippen LogP contribution in [0.1, 0.15) is 43.0 Å². The lowest BCUT2D eigenvalue weighted by atomic mass is 9.80. The van der Waals surface area contributed by atoms with Crippen LogP contribution in [-0.4, -0.2) is 23.1 Å². The Morgan fingerprint density at radius 2 is 1.94 bits per heavy atom. The van der Waals surface area contributed by atoms with Crippen molar-refractivity contribution in [2.45, 2.75) is 45.4 Å². The summed E-state index contributed by atoms with van der Waals surface area (Å²) >= 11 is 6.05. The molecule has 2 aromatic rings. The van der Waals surface area contributed by atoms with Gasteiger partial charge in [-0.1, -0.05) is 90.0 Å². The largest absolute Gasteiger partial charge is 0.445 e. The number of amides is 1. The monoisotopic (exact) mass is 462 g/mol. The summed E-state index contributed by atoms with van der Waals surface area (Å²) in [5.41, 5.74) is 6.88. The summed E-state index contributed by atoms with van der Waals surface area (Å²) in [6.07, 6.45) is 6.75. The molecule has 0 saturated heterocycles. The molecular weight excluding hydrogens is 432 g/mol. The van der Waals surface area contributed by atoms with Crippen molar-refractivity contribution in [3.05, 3.63) is 106 Å². The molecule has 0 aliphatic carbocycles. The summed E-state index contributed by atoms with van der Waals surface area (Å²) in [4.78, 5) is 15.2. The van der Waals surface area contributed by atoms with Crippen molar-refractivity contribution < 1.29 is 9.53 Å². The lowest BCUT2D eigenvalue weighted by Gasteiger charge is -2.37. The van der Waals surface area contributed by atoms with Crippen molar-refractivity contribution in [3.63, 3.8) is 0 Å². The van der Waals surface area contributed by atoms with Crippen molar-refractivity contribution in [2.75, 3.05) is 6.54 Å². The smallest absolute Gasteiger partial charge is 0.410 e. The van der Waals surface area contributed by atoms with Crippen LogP contribution in [0.25, 0.3) is 0 Å². The summed E-state index contributed by atoms with van der Waals surface area (Å²) in [6, 6.07) is 17.9. The van der Waals surface area contributed by atoms with Crippen LogP contribution in [0.5, 0.6) is 0 Å². The number of carbonyl (C=O) groups excluding carboxylic acids is 1. The SMILES string of the molecule is C/C=C\C1(C)NC2=C(CCN(C(=O)OCc3ccccc3)C2c2ccc(C)cc2)C1/C=C/Cl. The Morgan fingerprint density at radius 3 is 2.61 bits per heavy atom. The van der Waals surface area contributed by atoms with Gasteiger partial charge in [0.15, 0.2) is 0 Å². The number of rotatable bonds is 5. The minimum absolute atomic E-state index is 0.122.